The number of hydrogen-bond donors (Lipinski definition) is 3. The first-order valence-electron chi connectivity index (χ1n) is 12.5. The van der Waals surface area contributed by atoms with Crippen LogP contribution in [0.4, 0.5) is 18.9 Å². The number of carbonyl (C=O) groups excluding carboxylic acids is 1. The number of halogens is 3. The molecule has 3 N–H and O–H groups in total. The number of phenols is 1. The maximum Gasteiger partial charge on any atom is 0.573 e. The number of alkyl halides is 3. The number of nitrogens with zero attached hydrogens (tertiary/aromatic N) is 2. The third-order valence-electron chi connectivity index (χ3n) is 5.95. The maximum absolute atomic E-state index is 12.6. The number of anilines is 1. The lowest BCUT2D eigenvalue weighted by atomic mass is 10.1. The molecule has 1 aliphatic rings. The maximum atomic E-state index is 12.6. The Morgan fingerprint density at radius 2 is 1.76 bits per heavy atom. The zero-order valence-electron chi connectivity index (χ0n) is 21.6. The van der Waals surface area contributed by atoms with Crippen LogP contribution in [0.1, 0.15) is 34.3 Å². The van der Waals surface area contributed by atoms with Crippen molar-refractivity contribution >= 4 is 29.1 Å². The fourth-order valence-corrected chi connectivity index (χ4v) is 4.06. The molecule has 3 aromatic rings. The SMILES string of the molecule is O=C(O)CCNC(=O)c1ccc(N(Cc2cccc(O)c2)C2=NC(c3ccc(OC(F)(F)F)cc3)=CC=CC2)cc1. The molecule has 0 radical (unpaired) electrons. The molecule has 3 aromatic carbocycles. The van der Waals surface area contributed by atoms with Gasteiger partial charge >= 0.3 is 12.3 Å². The zero-order valence-corrected chi connectivity index (χ0v) is 21.6. The van der Waals surface area contributed by atoms with Gasteiger partial charge in [0, 0.05) is 36.3 Å². The smallest absolute Gasteiger partial charge is 0.508 e. The zero-order chi connectivity index (χ0) is 29.4. The number of amides is 1. The van der Waals surface area contributed by atoms with E-state index < -0.39 is 18.2 Å². The van der Waals surface area contributed by atoms with Crippen molar-refractivity contribution in [3.8, 4) is 11.5 Å². The summed E-state index contributed by atoms with van der Waals surface area (Å²) in [5, 5.41) is 21.4. The van der Waals surface area contributed by atoms with E-state index >= 15 is 0 Å². The molecule has 11 heteroatoms. The second kappa shape index (κ2) is 12.9. The number of carboxylic acids is 1. The van der Waals surface area contributed by atoms with Crippen LogP contribution in [-0.2, 0) is 11.3 Å². The number of benzene rings is 3. The summed E-state index contributed by atoms with van der Waals surface area (Å²) in [7, 11) is 0. The molecular formula is C30H26F3N3O5. The molecule has 8 nitrogen and oxygen atoms in total. The summed E-state index contributed by atoms with van der Waals surface area (Å²) in [5.74, 6) is -1.05. The standard InChI is InChI=1S/C30H26F3N3O5/c31-30(32,33)41-25-14-10-21(11-15-25)26-6-1-2-7-27(35-26)36(19-20-4-3-5-24(37)18-20)23-12-8-22(9-13-23)29(40)34-17-16-28(38)39/h1-6,8-15,18,37H,7,16-17,19H2,(H,34,40)(H,38,39). The van der Waals surface area contributed by atoms with Gasteiger partial charge in [-0.1, -0.05) is 24.3 Å². The Kier molecular flexibility index (Phi) is 9.08. The minimum Gasteiger partial charge on any atom is -0.508 e. The van der Waals surface area contributed by atoms with E-state index in [-0.39, 0.29) is 24.5 Å². The number of carboxylic acid groups (broad SMARTS) is 1. The fourth-order valence-electron chi connectivity index (χ4n) is 4.06. The van der Waals surface area contributed by atoms with Crippen LogP contribution in [0, 0.1) is 0 Å². The van der Waals surface area contributed by atoms with E-state index in [1.165, 1.54) is 24.3 Å². The monoisotopic (exact) mass is 565 g/mol. The van der Waals surface area contributed by atoms with Crippen LogP contribution >= 0.6 is 0 Å². The molecule has 0 atom stereocenters. The average molecular weight is 566 g/mol. The molecule has 4 rings (SSSR count). The Morgan fingerprint density at radius 1 is 1.02 bits per heavy atom. The van der Waals surface area contributed by atoms with Crippen LogP contribution in [0.25, 0.3) is 5.70 Å². The Balaban J connectivity index is 1.63. The van der Waals surface area contributed by atoms with Crippen molar-refractivity contribution in [1.82, 2.24) is 5.32 Å². The van der Waals surface area contributed by atoms with Gasteiger partial charge in [0.2, 0.25) is 0 Å². The van der Waals surface area contributed by atoms with Gasteiger partial charge in [0.05, 0.1) is 12.1 Å². The van der Waals surface area contributed by atoms with Crippen molar-refractivity contribution in [2.45, 2.75) is 25.7 Å². The number of aromatic hydroxyl groups is 1. The number of carbonyl (C=O) groups is 2. The topological polar surface area (TPSA) is 111 Å². The summed E-state index contributed by atoms with van der Waals surface area (Å²) in [5.41, 5.74) is 2.92. The number of ether oxygens (including phenoxy) is 1. The molecule has 0 unspecified atom stereocenters. The second-order valence-corrected chi connectivity index (χ2v) is 8.99. The fraction of sp³-hybridized carbons (Fsp3) is 0.167. The van der Waals surface area contributed by atoms with Crippen LogP contribution in [0.15, 0.2) is 96.0 Å². The summed E-state index contributed by atoms with van der Waals surface area (Å²) in [6, 6.07) is 18.9. The van der Waals surface area contributed by atoms with Crippen LogP contribution < -0.4 is 15.0 Å². The molecule has 0 bridgehead atoms. The number of nitrogens with one attached hydrogen (secondary N) is 1. The Bertz CT molecular complexity index is 1480. The van der Waals surface area contributed by atoms with Crippen LogP contribution in [0.3, 0.4) is 0 Å². The van der Waals surface area contributed by atoms with E-state index in [2.05, 4.69) is 10.1 Å². The lowest BCUT2D eigenvalue weighted by molar-refractivity contribution is -0.274. The van der Waals surface area contributed by atoms with Gasteiger partial charge in [0.15, 0.2) is 0 Å². The third-order valence-corrected chi connectivity index (χ3v) is 5.95. The van der Waals surface area contributed by atoms with Gasteiger partial charge in [-0.05, 0) is 72.3 Å². The van der Waals surface area contributed by atoms with E-state index in [0.29, 0.717) is 41.3 Å². The molecule has 0 saturated heterocycles. The van der Waals surface area contributed by atoms with Gasteiger partial charge < -0.3 is 25.2 Å². The molecule has 0 spiro atoms. The van der Waals surface area contributed by atoms with Gasteiger partial charge in [-0.2, -0.15) is 0 Å². The van der Waals surface area contributed by atoms with Crippen molar-refractivity contribution in [2.24, 2.45) is 4.99 Å². The Labute approximate surface area is 233 Å². The first kappa shape index (κ1) is 28.9. The first-order chi connectivity index (χ1) is 19.6. The third kappa shape index (κ3) is 8.46. The highest BCUT2D eigenvalue weighted by Gasteiger charge is 2.31. The molecule has 0 fully saturated rings. The number of hydrogen-bond acceptors (Lipinski definition) is 6. The number of allylic oxidation sites excluding steroid dienone is 2. The van der Waals surface area contributed by atoms with Gasteiger partial charge in [-0.3, -0.25) is 9.59 Å². The van der Waals surface area contributed by atoms with Crippen molar-refractivity contribution in [3.05, 3.63) is 108 Å². The Hall–Kier alpha value is -5.06. The van der Waals surface area contributed by atoms with Crippen molar-refractivity contribution in [1.29, 1.82) is 0 Å². The number of aliphatic carboxylic acids is 1. The number of rotatable bonds is 9. The lowest BCUT2D eigenvalue weighted by Crippen LogP contribution is -2.30. The van der Waals surface area contributed by atoms with Gasteiger partial charge in [0.1, 0.15) is 17.3 Å². The summed E-state index contributed by atoms with van der Waals surface area (Å²) in [4.78, 5) is 29.9. The van der Waals surface area contributed by atoms with E-state index in [1.54, 1.807) is 48.5 Å². The number of amidine groups is 1. The highest BCUT2D eigenvalue weighted by Crippen LogP contribution is 2.28. The quantitative estimate of drug-likeness (QED) is 0.298. The second-order valence-electron chi connectivity index (χ2n) is 8.99. The normalized spacial score (nSPS) is 13.0. The predicted molar refractivity (Wildman–Crippen MR) is 148 cm³/mol. The molecule has 1 aliphatic heterocycles. The summed E-state index contributed by atoms with van der Waals surface area (Å²) < 4.78 is 41.7. The molecule has 212 valence electrons. The molecule has 0 saturated carbocycles. The summed E-state index contributed by atoms with van der Waals surface area (Å²) in [6.07, 6.45) is 0.895. The largest absolute Gasteiger partial charge is 0.573 e. The van der Waals surface area contributed by atoms with Crippen molar-refractivity contribution < 1.29 is 37.7 Å². The van der Waals surface area contributed by atoms with E-state index in [9.17, 15) is 27.9 Å². The molecule has 1 amide bonds. The Morgan fingerprint density at radius 3 is 2.41 bits per heavy atom. The molecule has 41 heavy (non-hydrogen) atoms. The van der Waals surface area contributed by atoms with Crippen molar-refractivity contribution in [2.75, 3.05) is 11.4 Å². The van der Waals surface area contributed by atoms with Crippen molar-refractivity contribution in [3.63, 3.8) is 0 Å². The van der Waals surface area contributed by atoms with Gasteiger partial charge in [-0.15, -0.1) is 13.2 Å². The van der Waals surface area contributed by atoms with Gasteiger partial charge in [0.25, 0.3) is 5.91 Å². The number of phenolic OH excluding ortho intramolecular Hbond substituents is 1. The lowest BCUT2D eigenvalue weighted by Gasteiger charge is -2.26. The summed E-state index contributed by atoms with van der Waals surface area (Å²) in [6.45, 7) is 0.317. The summed E-state index contributed by atoms with van der Waals surface area (Å²) >= 11 is 0. The number of aliphatic imine (C=N–C) groups is 1. The van der Waals surface area contributed by atoms with Crippen LogP contribution in [0.5, 0.6) is 11.5 Å². The van der Waals surface area contributed by atoms with E-state index in [4.69, 9.17) is 10.1 Å². The predicted octanol–water partition coefficient (Wildman–Crippen LogP) is 5.90. The van der Waals surface area contributed by atoms with E-state index in [0.717, 1.165) is 5.56 Å². The minimum atomic E-state index is -4.79. The molecule has 1 heterocycles. The van der Waals surface area contributed by atoms with Crippen LogP contribution in [-0.4, -0.2) is 40.8 Å². The van der Waals surface area contributed by atoms with E-state index in [1.807, 2.05) is 23.1 Å². The highest BCUT2D eigenvalue weighted by atomic mass is 19.4. The molecule has 0 aliphatic carbocycles. The first-order valence-corrected chi connectivity index (χ1v) is 12.5. The molecule has 0 aromatic heterocycles. The average Bonchev–Trinajstić information content (AvgIpc) is 3.18. The minimum absolute atomic E-state index is 0.00110. The van der Waals surface area contributed by atoms with Crippen LogP contribution in [0.2, 0.25) is 0 Å². The van der Waals surface area contributed by atoms with Gasteiger partial charge in [-0.25, -0.2) is 4.99 Å². The molecular weight excluding hydrogens is 539 g/mol. The highest BCUT2D eigenvalue weighted by molar-refractivity contribution is 6.02.